The van der Waals surface area contributed by atoms with Gasteiger partial charge in [-0.3, -0.25) is 0 Å². The smallest absolute Gasteiger partial charge is 0.422 e. The molecule has 10 heteroatoms. The van der Waals surface area contributed by atoms with Gasteiger partial charge in [-0.1, -0.05) is 51.1 Å². The summed E-state index contributed by atoms with van der Waals surface area (Å²) >= 11 is 0. The number of rotatable bonds is 7. The van der Waals surface area contributed by atoms with Crippen molar-refractivity contribution in [2.24, 2.45) is 5.41 Å². The molecule has 1 aromatic rings. The van der Waals surface area contributed by atoms with Crippen molar-refractivity contribution in [3.8, 4) is 0 Å². The summed E-state index contributed by atoms with van der Waals surface area (Å²) in [5.41, 5.74) is -0.439. The van der Waals surface area contributed by atoms with E-state index < -0.39 is 39.5 Å². The Hall–Kier alpha value is -2.33. The lowest BCUT2D eigenvalue weighted by atomic mass is 9.87. The number of benzene rings is 1. The summed E-state index contributed by atoms with van der Waals surface area (Å²) in [6.07, 6.45) is -1.76. The summed E-state index contributed by atoms with van der Waals surface area (Å²) < 4.78 is 38.4. The highest BCUT2D eigenvalue weighted by Gasteiger charge is 2.30. The zero-order valence-corrected chi connectivity index (χ0v) is 18.6. The number of carbonyl (C=O) groups excluding carboxylic acids is 2. The molecule has 0 unspecified atom stereocenters. The van der Waals surface area contributed by atoms with E-state index in [4.69, 9.17) is 9.47 Å². The van der Waals surface area contributed by atoms with Gasteiger partial charge >= 0.3 is 22.4 Å². The Morgan fingerprint density at radius 2 is 1.59 bits per heavy atom. The van der Waals surface area contributed by atoms with Crippen molar-refractivity contribution < 1.29 is 27.5 Å². The lowest BCUT2D eigenvalue weighted by Crippen LogP contribution is -2.53. The van der Waals surface area contributed by atoms with Crippen LogP contribution in [0.25, 0.3) is 0 Å². The molecule has 0 aliphatic carbocycles. The Morgan fingerprint density at radius 1 is 1.00 bits per heavy atom. The zero-order chi connectivity index (χ0) is 22.3. The maximum absolute atomic E-state index is 12.1. The third kappa shape index (κ3) is 10.7. The van der Waals surface area contributed by atoms with Crippen molar-refractivity contribution in [3.05, 3.63) is 35.9 Å². The Bertz CT molecular complexity index is 782. The van der Waals surface area contributed by atoms with Gasteiger partial charge in [0.15, 0.2) is 0 Å². The van der Waals surface area contributed by atoms with E-state index in [9.17, 15) is 18.0 Å². The fourth-order valence-corrected chi connectivity index (χ4v) is 2.85. The third-order valence-corrected chi connectivity index (χ3v) is 4.63. The van der Waals surface area contributed by atoms with Crippen molar-refractivity contribution in [2.45, 2.75) is 59.8 Å². The molecular formula is C19H31N3O6S. The summed E-state index contributed by atoms with van der Waals surface area (Å²) in [5, 5.41) is 2.65. The Labute approximate surface area is 172 Å². The maximum atomic E-state index is 12.1. The second kappa shape index (κ2) is 9.93. The van der Waals surface area contributed by atoms with Gasteiger partial charge in [-0.25, -0.2) is 14.3 Å². The minimum atomic E-state index is -4.18. The van der Waals surface area contributed by atoms with E-state index in [-0.39, 0.29) is 13.2 Å². The van der Waals surface area contributed by atoms with Crippen molar-refractivity contribution in [3.63, 3.8) is 0 Å². The number of hydrogen-bond acceptors (Lipinski definition) is 6. The van der Waals surface area contributed by atoms with Crippen LogP contribution in [0.15, 0.2) is 30.3 Å². The van der Waals surface area contributed by atoms with Gasteiger partial charge in [0, 0.05) is 6.54 Å². The molecule has 0 aliphatic rings. The summed E-state index contributed by atoms with van der Waals surface area (Å²) in [7, 11) is -4.18. The largest absolute Gasteiger partial charge is 0.444 e. The lowest BCUT2D eigenvalue weighted by Gasteiger charge is -2.32. The Balaban J connectivity index is 2.60. The summed E-state index contributed by atoms with van der Waals surface area (Å²) in [6, 6.07) is 8.27. The van der Waals surface area contributed by atoms with E-state index in [2.05, 4.69) is 10.0 Å². The van der Waals surface area contributed by atoms with Gasteiger partial charge in [0.1, 0.15) is 12.2 Å². The topological polar surface area (TPSA) is 123 Å². The molecule has 0 heterocycles. The van der Waals surface area contributed by atoms with Crippen LogP contribution in [0, 0.1) is 5.41 Å². The van der Waals surface area contributed by atoms with Gasteiger partial charge in [-0.2, -0.15) is 13.1 Å². The van der Waals surface area contributed by atoms with Gasteiger partial charge in [0.05, 0.1) is 6.04 Å². The van der Waals surface area contributed by atoms with Crippen molar-refractivity contribution in [1.82, 2.24) is 14.8 Å². The van der Waals surface area contributed by atoms with Crippen LogP contribution in [0.3, 0.4) is 0 Å². The molecule has 164 valence electrons. The molecule has 3 N–H and O–H groups in total. The van der Waals surface area contributed by atoms with Crippen molar-refractivity contribution >= 4 is 22.4 Å². The molecule has 0 radical (unpaired) electrons. The summed E-state index contributed by atoms with van der Waals surface area (Å²) in [5.74, 6) is 0. The van der Waals surface area contributed by atoms with E-state index >= 15 is 0 Å². The molecule has 0 spiro atoms. The van der Waals surface area contributed by atoms with Crippen LogP contribution < -0.4 is 14.8 Å². The molecule has 0 saturated carbocycles. The molecule has 9 nitrogen and oxygen atoms in total. The third-order valence-electron chi connectivity index (χ3n) is 3.64. The van der Waals surface area contributed by atoms with Gasteiger partial charge < -0.3 is 14.8 Å². The first-order valence-electron chi connectivity index (χ1n) is 9.15. The van der Waals surface area contributed by atoms with Gasteiger partial charge in [0.2, 0.25) is 0 Å². The van der Waals surface area contributed by atoms with Gasteiger partial charge in [0.25, 0.3) is 0 Å². The number of carbonyl (C=O) groups is 2. The van der Waals surface area contributed by atoms with E-state index in [0.717, 1.165) is 5.56 Å². The van der Waals surface area contributed by atoms with E-state index in [1.807, 2.05) is 26.8 Å². The quantitative estimate of drug-likeness (QED) is 0.612. The van der Waals surface area contributed by atoms with Crippen molar-refractivity contribution in [2.75, 3.05) is 6.54 Å². The molecule has 0 saturated heterocycles. The normalized spacial score (nSPS) is 13.3. The second-order valence-electron chi connectivity index (χ2n) is 8.58. The van der Waals surface area contributed by atoms with Crippen LogP contribution in [0.5, 0.6) is 0 Å². The molecule has 2 amide bonds. The van der Waals surface area contributed by atoms with E-state index in [0.29, 0.717) is 0 Å². The van der Waals surface area contributed by atoms with Gasteiger partial charge in [-0.05, 0) is 31.7 Å². The second-order valence-corrected chi connectivity index (χ2v) is 10.1. The van der Waals surface area contributed by atoms with Crippen LogP contribution >= 0.6 is 0 Å². The lowest BCUT2D eigenvalue weighted by molar-refractivity contribution is 0.0465. The van der Waals surface area contributed by atoms with Crippen LogP contribution in [0.1, 0.15) is 47.1 Å². The minimum absolute atomic E-state index is 0.0625. The first-order valence-corrected chi connectivity index (χ1v) is 10.6. The number of amides is 2. The molecule has 0 bridgehead atoms. The first-order chi connectivity index (χ1) is 13.2. The molecule has 1 atom stereocenters. The van der Waals surface area contributed by atoms with Crippen LogP contribution in [0.2, 0.25) is 0 Å². The number of ether oxygens (including phenoxy) is 2. The molecule has 1 aromatic carbocycles. The van der Waals surface area contributed by atoms with Crippen LogP contribution in [-0.2, 0) is 26.3 Å². The standard InChI is InChI=1S/C19H31N3O6S/c1-18(2,3)15(21-16(23)28-19(4,5)6)12-20-29(25,26)22-17(24)27-13-14-10-8-7-9-11-14/h7-11,15,20H,12-13H2,1-6H3,(H,21,23)(H,22,24)/t15-/m1/s1. The predicted molar refractivity (Wildman–Crippen MR) is 109 cm³/mol. The van der Waals surface area contributed by atoms with Crippen LogP contribution in [-0.4, -0.2) is 38.8 Å². The van der Waals surface area contributed by atoms with Crippen molar-refractivity contribution in [1.29, 1.82) is 0 Å². The molecule has 1 rings (SSSR count). The van der Waals surface area contributed by atoms with E-state index in [1.165, 1.54) is 0 Å². The summed E-state index contributed by atoms with van der Waals surface area (Å²) in [4.78, 5) is 23.8. The highest BCUT2D eigenvalue weighted by molar-refractivity contribution is 7.88. The molecule has 29 heavy (non-hydrogen) atoms. The highest BCUT2D eigenvalue weighted by atomic mass is 32.2. The minimum Gasteiger partial charge on any atom is -0.444 e. The average Bonchev–Trinajstić information content (AvgIpc) is 2.54. The molecule has 0 aliphatic heterocycles. The number of alkyl carbamates (subject to hydrolysis) is 1. The van der Waals surface area contributed by atoms with Crippen LogP contribution in [0.4, 0.5) is 9.59 Å². The zero-order valence-electron chi connectivity index (χ0n) is 17.7. The Morgan fingerprint density at radius 3 is 2.10 bits per heavy atom. The van der Waals surface area contributed by atoms with Gasteiger partial charge in [-0.15, -0.1) is 0 Å². The van der Waals surface area contributed by atoms with E-state index in [1.54, 1.807) is 49.8 Å². The number of hydrogen-bond donors (Lipinski definition) is 3. The number of nitrogens with one attached hydrogen (secondary N) is 3. The predicted octanol–water partition coefficient (Wildman–Crippen LogP) is 2.69. The monoisotopic (exact) mass is 429 g/mol. The molecule has 0 fully saturated rings. The summed E-state index contributed by atoms with van der Waals surface area (Å²) in [6.45, 7) is 10.5. The first kappa shape index (κ1) is 24.7. The molecule has 0 aromatic heterocycles. The Kier molecular flexibility index (Phi) is 8.46. The molecular weight excluding hydrogens is 398 g/mol. The maximum Gasteiger partial charge on any atom is 0.422 e. The fraction of sp³-hybridized carbons (Fsp3) is 0.579. The highest BCUT2D eigenvalue weighted by Crippen LogP contribution is 2.19. The fourth-order valence-electron chi connectivity index (χ4n) is 2.11. The average molecular weight is 430 g/mol. The SMILES string of the molecule is CC(C)(C)OC(=O)N[C@H](CNS(=O)(=O)NC(=O)OCc1ccccc1)C(C)(C)C.